The number of ether oxygens (including phenoxy) is 3. The number of aromatic amines is 1. The van der Waals surface area contributed by atoms with E-state index in [0.717, 1.165) is 69.1 Å². The monoisotopic (exact) mass is 890 g/mol. The van der Waals surface area contributed by atoms with Gasteiger partial charge < -0.3 is 34.3 Å². The number of anilines is 4. The molecule has 0 saturated carbocycles. The van der Waals surface area contributed by atoms with E-state index in [1.807, 2.05) is 29.2 Å². The van der Waals surface area contributed by atoms with Crippen LogP contribution in [0, 0.1) is 15.5 Å². The zero-order chi connectivity index (χ0) is 44.4. The van der Waals surface area contributed by atoms with E-state index in [1.54, 1.807) is 12.3 Å². The molecule has 5 heterocycles. The third-order valence-corrected chi connectivity index (χ3v) is 14.0. The van der Waals surface area contributed by atoms with E-state index in [9.17, 15) is 23.3 Å². The number of pyridine rings is 1. The van der Waals surface area contributed by atoms with Gasteiger partial charge >= 0.3 is 0 Å². The Morgan fingerprint density at radius 2 is 1.80 bits per heavy atom. The van der Waals surface area contributed by atoms with E-state index in [2.05, 4.69) is 69.0 Å². The lowest BCUT2D eigenvalue weighted by atomic mass is 9.72. The van der Waals surface area contributed by atoms with Gasteiger partial charge in [0, 0.05) is 69.2 Å². The second-order valence-electron chi connectivity index (χ2n) is 17.7. The van der Waals surface area contributed by atoms with Gasteiger partial charge in [-0.2, -0.15) is 4.98 Å². The van der Waals surface area contributed by atoms with Crippen LogP contribution in [0.2, 0.25) is 0 Å². The second kappa shape index (κ2) is 18.2. The standard InChI is InChI=1S/C47H54N8O8S/c1-47(2)15-13-34(39(28-47)32-7-4-3-5-8-32)30-52-18-20-53(21-19-52)35-9-11-38(41(26-35)54-17-6-22-63-46-43(54)25-33-14-16-48-44(33)50-46)45(56)51-64(59,60)37-10-12-40(42(27-37)55(57)58)49-29-36-31-61-23-24-62-36/h3-5,7-12,14,16,25-27,36,49H,6,13,15,17-24,28-31H2,1-2H3,(H,48,50)(H,51,56)/t36-/m0/s1. The van der Waals surface area contributed by atoms with Crippen molar-refractivity contribution in [1.82, 2.24) is 19.6 Å². The fourth-order valence-corrected chi connectivity index (χ4v) is 10.1. The molecule has 0 bridgehead atoms. The number of rotatable bonds is 12. The van der Waals surface area contributed by atoms with Crippen LogP contribution in [0.1, 0.15) is 55.5 Å². The van der Waals surface area contributed by atoms with Gasteiger partial charge in [0.1, 0.15) is 17.0 Å². The highest BCUT2D eigenvalue weighted by molar-refractivity contribution is 7.90. The summed E-state index contributed by atoms with van der Waals surface area (Å²) in [5.74, 6) is -0.490. The van der Waals surface area contributed by atoms with Crippen LogP contribution in [0.25, 0.3) is 16.6 Å². The summed E-state index contributed by atoms with van der Waals surface area (Å²) in [5, 5.41) is 16.0. The number of nitro groups is 1. The maximum atomic E-state index is 14.4. The summed E-state index contributed by atoms with van der Waals surface area (Å²) in [6.45, 7) is 11.2. The SMILES string of the molecule is CC1(C)CCC(CN2CCN(c3ccc(C(=O)NS(=O)(=O)c4ccc(NC[C@H]5COCCO5)c([N+](=O)[O-])c4)c(N4CCCOc5nc6[nH]ccc6cc54)c3)CC2)=C(c2ccccc2)C1. The molecule has 17 heteroatoms. The zero-order valence-electron chi connectivity index (χ0n) is 36.2. The quantitative estimate of drug-likeness (QED) is 0.0851. The number of sulfonamides is 1. The lowest BCUT2D eigenvalue weighted by Gasteiger charge is -2.39. The Labute approximate surface area is 372 Å². The van der Waals surface area contributed by atoms with E-state index in [4.69, 9.17) is 19.2 Å². The van der Waals surface area contributed by atoms with Gasteiger partial charge in [0.25, 0.3) is 21.6 Å². The predicted octanol–water partition coefficient (Wildman–Crippen LogP) is 7.12. The predicted molar refractivity (Wildman–Crippen MR) is 246 cm³/mol. The molecule has 1 amide bonds. The topological polar surface area (TPSA) is 185 Å². The van der Waals surface area contributed by atoms with Crippen molar-refractivity contribution in [3.05, 3.63) is 112 Å². The molecule has 336 valence electrons. The first-order valence-corrected chi connectivity index (χ1v) is 23.4. The summed E-state index contributed by atoms with van der Waals surface area (Å²) in [6.07, 6.45) is 5.38. The fraction of sp³-hybridized carbons (Fsp3) is 0.404. The number of aromatic nitrogens is 2. The molecule has 2 aromatic heterocycles. The van der Waals surface area contributed by atoms with Crippen LogP contribution in [0.5, 0.6) is 5.88 Å². The lowest BCUT2D eigenvalue weighted by Crippen LogP contribution is -2.47. The van der Waals surface area contributed by atoms with E-state index in [1.165, 1.54) is 28.8 Å². The maximum absolute atomic E-state index is 14.4. The number of H-pyrrole nitrogens is 1. The highest BCUT2D eigenvalue weighted by Gasteiger charge is 2.32. The van der Waals surface area contributed by atoms with Crippen molar-refractivity contribution in [2.24, 2.45) is 5.41 Å². The second-order valence-corrected chi connectivity index (χ2v) is 19.3. The van der Waals surface area contributed by atoms with Gasteiger partial charge in [-0.3, -0.25) is 19.8 Å². The number of amides is 1. The lowest BCUT2D eigenvalue weighted by molar-refractivity contribution is -0.384. The third kappa shape index (κ3) is 9.43. The number of hydrogen-bond acceptors (Lipinski definition) is 13. The van der Waals surface area contributed by atoms with Crippen molar-refractivity contribution in [3.63, 3.8) is 0 Å². The number of carbonyl (C=O) groups excluding carboxylic acids is 1. The van der Waals surface area contributed by atoms with Crippen LogP contribution < -0.4 is 24.6 Å². The van der Waals surface area contributed by atoms with E-state index >= 15 is 0 Å². The molecule has 1 aliphatic carbocycles. The Morgan fingerprint density at radius 1 is 0.969 bits per heavy atom. The first-order chi connectivity index (χ1) is 30.9. The number of allylic oxidation sites excluding steroid dienone is 1. The molecule has 2 saturated heterocycles. The van der Waals surface area contributed by atoms with E-state index < -0.39 is 31.4 Å². The van der Waals surface area contributed by atoms with Crippen LogP contribution in [0.4, 0.5) is 28.4 Å². The maximum Gasteiger partial charge on any atom is 0.293 e. The van der Waals surface area contributed by atoms with Crippen LogP contribution in [-0.2, 0) is 19.5 Å². The summed E-state index contributed by atoms with van der Waals surface area (Å²) in [5.41, 5.74) is 6.99. The van der Waals surface area contributed by atoms with Crippen molar-refractivity contribution in [3.8, 4) is 5.88 Å². The first kappa shape index (κ1) is 43.3. The van der Waals surface area contributed by atoms with Crippen molar-refractivity contribution in [2.45, 2.75) is 50.5 Å². The minimum atomic E-state index is -4.59. The third-order valence-electron chi connectivity index (χ3n) is 12.6. The highest BCUT2D eigenvalue weighted by Crippen LogP contribution is 2.44. The largest absolute Gasteiger partial charge is 0.476 e. The van der Waals surface area contributed by atoms with Crippen molar-refractivity contribution in [1.29, 1.82) is 0 Å². The summed E-state index contributed by atoms with van der Waals surface area (Å²) in [4.78, 5) is 40.1. The van der Waals surface area contributed by atoms with Gasteiger partial charge in [-0.05, 0) is 84.7 Å². The average molecular weight is 891 g/mol. The first-order valence-electron chi connectivity index (χ1n) is 22.0. The summed E-state index contributed by atoms with van der Waals surface area (Å²) in [7, 11) is -4.59. The number of benzene rings is 3. The van der Waals surface area contributed by atoms with Crippen molar-refractivity contribution < 1.29 is 32.3 Å². The number of carbonyl (C=O) groups is 1. The summed E-state index contributed by atoms with van der Waals surface area (Å²) in [6, 6.07) is 23.6. The Balaban J connectivity index is 0.988. The van der Waals surface area contributed by atoms with Crippen LogP contribution >= 0.6 is 0 Å². The highest BCUT2D eigenvalue weighted by atomic mass is 32.2. The van der Waals surface area contributed by atoms with Gasteiger partial charge in [0.05, 0.1) is 53.6 Å². The molecule has 16 nitrogen and oxygen atoms in total. The number of fused-ring (bicyclic) bond motifs is 2. The minimum Gasteiger partial charge on any atom is -0.476 e. The number of hydrogen-bond donors (Lipinski definition) is 3. The zero-order valence-corrected chi connectivity index (χ0v) is 37.0. The molecule has 9 rings (SSSR count). The molecule has 3 N–H and O–H groups in total. The summed E-state index contributed by atoms with van der Waals surface area (Å²) >= 11 is 0. The molecular formula is C47H54N8O8S. The van der Waals surface area contributed by atoms with Gasteiger partial charge in [0.2, 0.25) is 5.88 Å². The molecule has 0 unspecified atom stereocenters. The Hall–Kier alpha value is -6.01. The van der Waals surface area contributed by atoms with Crippen molar-refractivity contribution >= 4 is 61.0 Å². The average Bonchev–Trinajstić information content (AvgIpc) is 3.66. The molecular weight excluding hydrogens is 837 g/mol. The molecule has 64 heavy (non-hydrogen) atoms. The molecule has 2 fully saturated rings. The van der Waals surface area contributed by atoms with Gasteiger partial charge in [0.15, 0.2) is 0 Å². The van der Waals surface area contributed by atoms with Gasteiger partial charge in [-0.1, -0.05) is 49.8 Å². The molecule has 3 aliphatic heterocycles. The van der Waals surface area contributed by atoms with Crippen molar-refractivity contribution in [2.75, 3.05) is 87.4 Å². The molecule has 0 spiro atoms. The van der Waals surface area contributed by atoms with Crippen LogP contribution in [-0.4, -0.2) is 112 Å². The number of nitrogens with zero attached hydrogens (tertiary/aromatic N) is 5. The molecule has 4 aliphatic rings. The Morgan fingerprint density at radius 3 is 2.58 bits per heavy atom. The molecule has 0 radical (unpaired) electrons. The van der Waals surface area contributed by atoms with E-state index in [-0.39, 0.29) is 29.3 Å². The number of nitro benzene ring substituents is 1. The normalized spacial score (nSPS) is 19.4. The molecule has 1 atom stereocenters. The van der Waals surface area contributed by atoms with Crippen LogP contribution in [0.15, 0.2) is 95.5 Å². The Kier molecular flexibility index (Phi) is 12.3. The molecule has 3 aromatic carbocycles. The number of nitrogens with one attached hydrogen (secondary N) is 3. The van der Waals surface area contributed by atoms with Gasteiger partial charge in [-0.15, -0.1) is 0 Å². The van der Waals surface area contributed by atoms with Gasteiger partial charge in [-0.25, -0.2) is 13.1 Å². The fourth-order valence-electron chi connectivity index (χ4n) is 9.13. The minimum absolute atomic E-state index is 0.107. The van der Waals surface area contributed by atoms with E-state index in [0.29, 0.717) is 62.3 Å². The summed E-state index contributed by atoms with van der Waals surface area (Å²) < 4.78 is 47.2. The molecule has 5 aromatic rings. The smallest absolute Gasteiger partial charge is 0.293 e. The van der Waals surface area contributed by atoms with Crippen LogP contribution in [0.3, 0.4) is 0 Å². The number of piperazine rings is 1. The Bertz CT molecular complexity index is 2670.